The number of nitro benzene ring substituents is 1. The fourth-order valence-corrected chi connectivity index (χ4v) is 3.35. The maximum absolute atomic E-state index is 12.3. The van der Waals surface area contributed by atoms with Crippen LogP contribution in [0.5, 0.6) is 5.75 Å². The number of carbonyl (C=O) groups is 1. The molecule has 0 atom stereocenters. The molecular weight excluding hydrogens is 398 g/mol. The van der Waals surface area contributed by atoms with E-state index >= 15 is 0 Å². The maximum Gasteiger partial charge on any atom is 0.339 e. The summed E-state index contributed by atoms with van der Waals surface area (Å²) >= 11 is 0. The summed E-state index contributed by atoms with van der Waals surface area (Å²) in [5.41, 5.74) is 0.785. The first-order chi connectivity index (χ1) is 13.8. The molecule has 0 radical (unpaired) electrons. The van der Waals surface area contributed by atoms with Crippen molar-refractivity contribution < 1.29 is 22.3 Å². The summed E-state index contributed by atoms with van der Waals surface area (Å²) in [6.45, 7) is 0.298. The number of nitrogens with zero attached hydrogens (tertiary/aromatic N) is 2. The molecule has 3 rings (SSSR count). The monoisotopic (exact) mass is 413 g/mol. The van der Waals surface area contributed by atoms with Crippen LogP contribution in [0.1, 0.15) is 15.9 Å². The summed E-state index contributed by atoms with van der Waals surface area (Å²) in [7, 11) is -4.26. The lowest BCUT2D eigenvalue weighted by molar-refractivity contribution is -0.385. The van der Waals surface area contributed by atoms with Crippen LogP contribution in [0.15, 0.2) is 78.0 Å². The van der Waals surface area contributed by atoms with Crippen LogP contribution in [-0.2, 0) is 16.7 Å². The molecule has 0 aliphatic heterocycles. The van der Waals surface area contributed by atoms with Gasteiger partial charge in [-0.3, -0.25) is 19.9 Å². The van der Waals surface area contributed by atoms with Crippen molar-refractivity contribution >= 4 is 21.7 Å². The van der Waals surface area contributed by atoms with Crippen molar-refractivity contribution in [3.8, 4) is 5.75 Å². The molecule has 0 bridgehead atoms. The van der Waals surface area contributed by atoms with Crippen molar-refractivity contribution in [3.63, 3.8) is 0 Å². The van der Waals surface area contributed by atoms with E-state index in [1.54, 1.807) is 18.5 Å². The molecule has 1 heterocycles. The third-order valence-electron chi connectivity index (χ3n) is 3.82. The van der Waals surface area contributed by atoms with Crippen molar-refractivity contribution in [1.82, 2.24) is 10.3 Å². The lowest BCUT2D eigenvalue weighted by Gasteiger charge is -2.08. The van der Waals surface area contributed by atoms with Gasteiger partial charge in [-0.2, -0.15) is 8.42 Å². The van der Waals surface area contributed by atoms with Gasteiger partial charge in [-0.15, -0.1) is 0 Å². The van der Waals surface area contributed by atoms with E-state index in [1.165, 1.54) is 42.5 Å². The average molecular weight is 413 g/mol. The van der Waals surface area contributed by atoms with Crippen molar-refractivity contribution in [3.05, 3.63) is 94.3 Å². The Labute approximate surface area is 166 Å². The number of nitro groups is 1. The van der Waals surface area contributed by atoms with Crippen LogP contribution in [0.25, 0.3) is 0 Å². The molecule has 0 aliphatic rings. The molecule has 0 spiro atoms. The van der Waals surface area contributed by atoms with E-state index in [1.807, 2.05) is 6.07 Å². The molecule has 9 nitrogen and oxygen atoms in total. The standard InChI is InChI=1S/C19H15N3O6S/c23-19(21-13-14-3-2-10-20-12-14)15-6-8-17(9-7-15)28-29(26,27)18-5-1-4-16(11-18)22(24)25/h1-12H,13H2,(H,21,23). The second kappa shape index (κ2) is 8.48. The molecule has 1 aromatic heterocycles. The summed E-state index contributed by atoms with van der Waals surface area (Å²) in [5, 5.41) is 13.5. The van der Waals surface area contributed by atoms with E-state index in [0.29, 0.717) is 12.1 Å². The highest BCUT2D eigenvalue weighted by Crippen LogP contribution is 2.22. The van der Waals surface area contributed by atoms with E-state index in [2.05, 4.69) is 10.3 Å². The highest BCUT2D eigenvalue weighted by Gasteiger charge is 2.20. The number of hydrogen-bond acceptors (Lipinski definition) is 7. The Balaban J connectivity index is 1.67. The van der Waals surface area contributed by atoms with E-state index in [-0.39, 0.29) is 22.2 Å². The van der Waals surface area contributed by atoms with Crippen LogP contribution in [0.3, 0.4) is 0 Å². The SMILES string of the molecule is O=C(NCc1cccnc1)c1ccc(OS(=O)(=O)c2cccc([N+](=O)[O-])c2)cc1. The molecule has 2 aromatic carbocycles. The minimum atomic E-state index is -4.26. The summed E-state index contributed by atoms with van der Waals surface area (Å²) in [6.07, 6.45) is 3.27. The second-order valence-corrected chi connectivity index (χ2v) is 7.41. The number of amides is 1. The first-order valence-electron chi connectivity index (χ1n) is 8.31. The van der Waals surface area contributed by atoms with Gasteiger partial charge in [-0.05, 0) is 42.0 Å². The van der Waals surface area contributed by atoms with Crippen LogP contribution in [-0.4, -0.2) is 24.2 Å². The van der Waals surface area contributed by atoms with Gasteiger partial charge in [0.05, 0.1) is 4.92 Å². The van der Waals surface area contributed by atoms with Gasteiger partial charge in [0.2, 0.25) is 0 Å². The average Bonchev–Trinajstić information content (AvgIpc) is 2.73. The largest absolute Gasteiger partial charge is 0.379 e. The van der Waals surface area contributed by atoms with Crippen molar-refractivity contribution in [2.24, 2.45) is 0 Å². The molecule has 0 unspecified atom stereocenters. The molecule has 3 aromatic rings. The predicted molar refractivity (Wildman–Crippen MR) is 103 cm³/mol. The van der Waals surface area contributed by atoms with Gasteiger partial charge < -0.3 is 9.50 Å². The third kappa shape index (κ3) is 5.14. The number of benzene rings is 2. The summed E-state index contributed by atoms with van der Waals surface area (Å²) < 4.78 is 29.6. The molecule has 0 fully saturated rings. The minimum Gasteiger partial charge on any atom is -0.379 e. The highest BCUT2D eigenvalue weighted by molar-refractivity contribution is 7.87. The fraction of sp³-hybridized carbons (Fsp3) is 0.0526. The number of carbonyl (C=O) groups excluding carboxylic acids is 1. The van der Waals surface area contributed by atoms with E-state index in [4.69, 9.17) is 4.18 Å². The molecule has 1 N–H and O–H groups in total. The Morgan fingerprint density at radius 2 is 1.86 bits per heavy atom. The molecule has 10 heteroatoms. The minimum absolute atomic E-state index is 0.0275. The number of hydrogen-bond donors (Lipinski definition) is 1. The van der Waals surface area contributed by atoms with Gasteiger partial charge in [0, 0.05) is 36.6 Å². The van der Waals surface area contributed by atoms with Gasteiger partial charge >= 0.3 is 10.1 Å². The zero-order chi connectivity index (χ0) is 20.9. The lowest BCUT2D eigenvalue weighted by Crippen LogP contribution is -2.22. The molecule has 148 valence electrons. The van der Waals surface area contributed by atoms with Gasteiger partial charge in [0.1, 0.15) is 10.6 Å². The molecular formula is C19H15N3O6S. The van der Waals surface area contributed by atoms with Crippen LogP contribution in [0, 0.1) is 10.1 Å². The van der Waals surface area contributed by atoms with E-state index < -0.39 is 15.0 Å². The topological polar surface area (TPSA) is 128 Å². The number of rotatable bonds is 7. The Hall–Kier alpha value is -3.79. The Bertz CT molecular complexity index is 1130. The van der Waals surface area contributed by atoms with Crippen LogP contribution in [0.4, 0.5) is 5.69 Å². The smallest absolute Gasteiger partial charge is 0.339 e. The second-order valence-electron chi connectivity index (χ2n) is 5.86. The first kappa shape index (κ1) is 20.0. The summed E-state index contributed by atoms with van der Waals surface area (Å²) in [6, 6.07) is 13.6. The molecule has 1 amide bonds. The lowest BCUT2D eigenvalue weighted by atomic mass is 10.2. The third-order valence-corrected chi connectivity index (χ3v) is 5.06. The normalized spacial score (nSPS) is 10.9. The van der Waals surface area contributed by atoms with Gasteiger partial charge in [-0.1, -0.05) is 12.1 Å². The number of aromatic nitrogens is 1. The first-order valence-corrected chi connectivity index (χ1v) is 9.72. The van der Waals surface area contributed by atoms with Gasteiger partial charge in [0.25, 0.3) is 11.6 Å². The summed E-state index contributed by atoms with van der Waals surface area (Å²) in [4.78, 5) is 25.9. The predicted octanol–water partition coefficient (Wildman–Crippen LogP) is 2.69. The molecule has 29 heavy (non-hydrogen) atoms. The quantitative estimate of drug-likeness (QED) is 0.358. The number of pyridine rings is 1. The van der Waals surface area contributed by atoms with Crippen LogP contribution in [0.2, 0.25) is 0 Å². The summed E-state index contributed by atoms with van der Waals surface area (Å²) in [5.74, 6) is -0.373. The Morgan fingerprint density at radius 1 is 1.10 bits per heavy atom. The van der Waals surface area contributed by atoms with E-state index in [0.717, 1.165) is 11.6 Å². The number of non-ortho nitro benzene ring substituents is 1. The van der Waals surface area contributed by atoms with Crippen LogP contribution < -0.4 is 9.50 Å². The van der Waals surface area contributed by atoms with E-state index in [9.17, 15) is 23.3 Å². The van der Waals surface area contributed by atoms with Crippen LogP contribution >= 0.6 is 0 Å². The van der Waals surface area contributed by atoms with Crippen molar-refractivity contribution in [2.75, 3.05) is 0 Å². The molecule has 0 saturated carbocycles. The zero-order valence-electron chi connectivity index (χ0n) is 14.9. The van der Waals surface area contributed by atoms with Crippen molar-refractivity contribution in [1.29, 1.82) is 0 Å². The van der Waals surface area contributed by atoms with Gasteiger partial charge in [0.15, 0.2) is 0 Å². The fourth-order valence-electron chi connectivity index (χ4n) is 2.38. The van der Waals surface area contributed by atoms with Crippen molar-refractivity contribution in [2.45, 2.75) is 11.4 Å². The van der Waals surface area contributed by atoms with Gasteiger partial charge in [-0.25, -0.2) is 0 Å². The number of nitrogens with one attached hydrogen (secondary N) is 1. The highest BCUT2D eigenvalue weighted by atomic mass is 32.2. The maximum atomic E-state index is 12.3. The molecule has 0 saturated heterocycles. The Kier molecular flexibility index (Phi) is 5.84. The zero-order valence-corrected chi connectivity index (χ0v) is 15.7. The molecule has 0 aliphatic carbocycles. The Morgan fingerprint density at radius 3 is 2.52 bits per heavy atom.